The van der Waals surface area contributed by atoms with E-state index in [1.54, 1.807) is 0 Å². The maximum Gasteiger partial charge on any atom is 0.164 e. The molecule has 88 valence electrons. The van der Waals surface area contributed by atoms with E-state index < -0.39 is 5.60 Å². The van der Waals surface area contributed by atoms with Gasteiger partial charge in [0.15, 0.2) is 5.78 Å². The van der Waals surface area contributed by atoms with Gasteiger partial charge in [0.1, 0.15) is 5.60 Å². The first-order chi connectivity index (χ1) is 7.18. The Kier molecular flexibility index (Phi) is 4.78. The molecule has 0 atom stereocenters. The largest absolute Gasteiger partial charge is 0.368 e. The van der Waals surface area contributed by atoms with Gasteiger partial charge >= 0.3 is 0 Å². The summed E-state index contributed by atoms with van der Waals surface area (Å²) in [5.74, 6) is 1.16. The van der Waals surface area contributed by atoms with Crippen molar-refractivity contribution in [2.75, 3.05) is 6.61 Å². The minimum absolute atomic E-state index is 0.321. The van der Waals surface area contributed by atoms with Crippen molar-refractivity contribution in [1.82, 2.24) is 0 Å². The van der Waals surface area contributed by atoms with E-state index in [1.165, 1.54) is 12.8 Å². The minimum Gasteiger partial charge on any atom is -0.368 e. The van der Waals surface area contributed by atoms with E-state index >= 15 is 0 Å². The Hall–Kier alpha value is -0.370. The lowest BCUT2D eigenvalue weighted by Crippen LogP contribution is -2.40. The van der Waals surface area contributed by atoms with Crippen molar-refractivity contribution in [2.24, 2.45) is 5.92 Å². The summed E-state index contributed by atoms with van der Waals surface area (Å²) in [7, 11) is 0. The summed E-state index contributed by atoms with van der Waals surface area (Å²) in [5, 5.41) is 0. The molecular formula is C13H24O2. The zero-order chi connectivity index (χ0) is 11.3. The molecule has 2 heteroatoms. The van der Waals surface area contributed by atoms with Crippen LogP contribution in [0.1, 0.15) is 59.3 Å². The second kappa shape index (κ2) is 5.64. The van der Waals surface area contributed by atoms with Crippen molar-refractivity contribution < 1.29 is 9.53 Å². The van der Waals surface area contributed by atoms with E-state index in [4.69, 9.17) is 4.74 Å². The minimum atomic E-state index is -0.482. The summed E-state index contributed by atoms with van der Waals surface area (Å²) in [6, 6.07) is 0. The number of Topliss-reactive ketones (excluding diaryl/α,β-unsaturated/α-hetero) is 1. The average molecular weight is 212 g/mol. The smallest absolute Gasteiger partial charge is 0.164 e. The van der Waals surface area contributed by atoms with Crippen molar-refractivity contribution in [2.45, 2.75) is 64.9 Å². The Bertz CT molecular complexity index is 203. The molecule has 0 radical (unpaired) electrons. The van der Waals surface area contributed by atoms with Crippen LogP contribution in [-0.4, -0.2) is 18.0 Å². The predicted octanol–water partition coefficient (Wildman–Crippen LogP) is 3.34. The van der Waals surface area contributed by atoms with Crippen LogP contribution in [0.15, 0.2) is 0 Å². The number of hydrogen-bond acceptors (Lipinski definition) is 2. The molecule has 15 heavy (non-hydrogen) atoms. The van der Waals surface area contributed by atoms with E-state index in [-0.39, 0.29) is 0 Å². The molecule has 1 aliphatic carbocycles. The molecule has 0 heterocycles. The van der Waals surface area contributed by atoms with Gasteiger partial charge < -0.3 is 4.74 Å². The fourth-order valence-corrected chi connectivity index (χ4v) is 2.17. The summed E-state index contributed by atoms with van der Waals surface area (Å²) in [4.78, 5) is 12.1. The summed E-state index contributed by atoms with van der Waals surface area (Å²) in [5.41, 5.74) is -0.482. The third-order valence-corrected chi connectivity index (χ3v) is 3.55. The van der Waals surface area contributed by atoms with Gasteiger partial charge in [-0.2, -0.15) is 0 Å². The topological polar surface area (TPSA) is 26.3 Å². The Morgan fingerprint density at radius 2 is 1.87 bits per heavy atom. The van der Waals surface area contributed by atoms with Gasteiger partial charge in [-0.25, -0.2) is 0 Å². The average Bonchev–Trinajstić information content (AvgIpc) is 3.06. The first kappa shape index (κ1) is 12.7. The first-order valence-electron chi connectivity index (χ1n) is 6.35. The van der Waals surface area contributed by atoms with Gasteiger partial charge in [0.05, 0.1) is 0 Å². The van der Waals surface area contributed by atoms with Crippen LogP contribution in [0.4, 0.5) is 0 Å². The second-order valence-electron chi connectivity index (χ2n) is 4.54. The molecule has 1 aliphatic rings. The first-order valence-corrected chi connectivity index (χ1v) is 6.35. The number of carbonyl (C=O) groups excluding carboxylic acids is 1. The van der Waals surface area contributed by atoms with E-state index in [1.807, 2.05) is 20.8 Å². The summed E-state index contributed by atoms with van der Waals surface area (Å²) in [6.45, 7) is 6.70. The van der Waals surface area contributed by atoms with Gasteiger partial charge in [-0.05, 0) is 32.1 Å². The molecule has 1 fully saturated rings. The van der Waals surface area contributed by atoms with Gasteiger partial charge in [0, 0.05) is 13.0 Å². The number of rotatable bonds is 8. The van der Waals surface area contributed by atoms with Gasteiger partial charge in [0.2, 0.25) is 0 Å². The normalized spacial score (nSPS) is 16.7. The Labute approximate surface area is 93.4 Å². The van der Waals surface area contributed by atoms with Crippen molar-refractivity contribution in [3.63, 3.8) is 0 Å². The lowest BCUT2D eigenvalue weighted by molar-refractivity contribution is -0.145. The van der Waals surface area contributed by atoms with Crippen LogP contribution < -0.4 is 0 Å². The third-order valence-electron chi connectivity index (χ3n) is 3.55. The summed E-state index contributed by atoms with van der Waals surface area (Å²) < 4.78 is 5.69. The highest BCUT2D eigenvalue weighted by atomic mass is 16.5. The van der Waals surface area contributed by atoms with Crippen LogP contribution in [0.25, 0.3) is 0 Å². The van der Waals surface area contributed by atoms with E-state index in [0.717, 1.165) is 25.2 Å². The van der Waals surface area contributed by atoms with E-state index in [9.17, 15) is 4.79 Å². The predicted molar refractivity (Wildman–Crippen MR) is 61.9 cm³/mol. The Morgan fingerprint density at radius 1 is 1.27 bits per heavy atom. The molecular weight excluding hydrogens is 188 g/mol. The van der Waals surface area contributed by atoms with Crippen LogP contribution in [0.5, 0.6) is 0 Å². The van der Waals surface area contributed by atoms with E-state index in [2.05, 4.69) is 0 Å². The summed E-state index contributed by atoms with van der Waals surface area (Å²) >= 11 is 0. The lowest BCUT2D eigenvalue weighted by Gasteiger charge is -2.30. The van der Waals surface area contributed by atoms with Crippen LogP contribution >= 0.6 is 0 Å². The number of hydrogen-bond donors (Lipinski definition) is 0. The van der Waals surface area contributed by atoms with Gasteiger partial charge in [-0.1, -0.05) is 26.7 Å². The molecule has 0 spiro atoms. The molecule has 0 aromatic rings. The van der Waals surface area contributed by atoms with Crippen molar-refractivity contribution in [1.29, 1.82) is 0 Å². The number of ether oxygens (including phenoxy) is 1. The van der Waals surface area contributed by atoms with Crippen molar-refractivity contribution in [3.8, 4) is 0 Å². The van der Waals surface area contributed by atoms with Gasteiger partial charge in [0.25, 0.3) is 0 Å². The highest BCUT2D eigenvalue weighted by Crippen LogP contribution is 2.35. The molecule has 0 aliphatic heterocycles. The third kappa shape index (κ3) is 3.30. The zero-order valence-electron chi connectivity index (χ0n) is 10.3. The van der Waals surface area contributed by atoms with E-state index in [0.29, 0.717) is 18.8 Å². The molecule has 1 rings (SSSR count). The SMILES string of the molecule is CCOC(CC)(CC)C(=O)CCC1CC1. The Balaban J connectivity index is 2.47. The molecule has 0 aromatic carbocycles. The summed E-state index contributed by atoms with van der Waals surface area (Å²) in [6.07, 6.45) is 6.06. The molecule has 0 amide bonds. The highest BCUT2D eigenvalue weighted by Gasteiger charge is 2.35. The maximum atomic E-state index is 12.1. The molecule has 0 N–H and O–H groups in total. The van der Waals surface area contributed by atoms with Gasteiger partial charge in [-0.3, -0.25) is 4.79 Å². The monoisotopic (exact) mass is 212 g/mol. The maximum absolute atomic E-state index is 12.1. The molecule has 0 aromatic heterocycles. The fourth-order valence-electron chi connectivity index (χ4n) is 2.17. The van der Waals surface area contributed by atoms with Gasteiger partial charge in [-0.15, -0.1) is 0 Å². The molecule has 2 nitrogen and oxygen atoms in total. The van der Waals surface area contributed by atoms with Crippen LogP contribution in [0.2, 0.25) is 0 Å². The Morgan fingerprint density at radius 3 is 2.27 bits per heavy atom. The van der Waals surface area contributed by atoms with Crippen LogP contribution in [-0.2, 0) is 9.53 Å². The zero-order valence-corrected chi connectivity index (χ0v) is 10.3. The molecule has 0 bridgehead atoms. The lowest BCUT2D eigenvalue weighted by atomic mass is 9.88. The number of carbonyl (C=O) groups is 1. The number of ketones is 1. The van der Waals surface area contributed by atoms with Crippen molar-refractivity contribution in [3.05, 3.63) is 0 Å². The highest BCUT2D eigenvalue weighted by molar-refractivity contribution is 5.87. The quantitative estimate of drug-likeness (QED) is 0.617. The van der Waals surface area contributed by atoms with Crippen LogP contribution in [0, 0.1) is 5.92 Å². The fraction of sp³-hybridized carbons (Fsp3) is 0.923. The second-order valence-corrected chi connectivity index (χ2v) is 4.54. The molecule has 1 saturated carbocycles. The standard InChI is InChI=1S/C13H24O2/c1-4-13(5-2,15-6-3)12(14)10-9-11-7-8-11/h11H,4-10H2,1-3H3. The van der Waals surface area contributed by atoms with Crippen LogP contribution in [0.3, 0.4) is 0 Å². The van der Waals surface area contributed by atoms with Crippen molar-refractivity contribution >= 4 is 5.78 Å². The molecule has 0 saturated heterocycles. The molecule has 0 unspecified atom stereocenters.